The summed E-state index contributed by atoms with van der Waals surface area (Å²) in [5, 5.41) is 0. The highest BCUT2D eigenvalue weighted by atomic mass is 127. The summed E-state index contributed by atoms with van der Waals surface area (Å²) < 4.78 is 13.2. The predicted molar refractivity (Wildman–Crippen MR) is 129 cm³/mol. The maximum Gasteiger partial charge on any atom is 0.363 e. The van der Waals surface area contributed by atoms with Crippen LogP contribution in [0.2, 0.25) is 0 Å². The van der Waals surface area contributed by atoms with Crippen molar-refractivity contribution in [3.05, 3.63) is 103 Å². The van der Waals surface area contributed by atoms with Crippen molar-refractivity contribution in [3.63, 3.8) is 0 Å². The SMILES string of the molecule is Cc1ccc(COc2cccc(/C=C3\N=C(c4ccc(I)c(Br)c4)OC3=O)c2)cc1. The fourth-order valence-corrected chi connectivity index (χ4v) is 3.58. The van der Waals surface area contributed by atoms with E-state index in [9.17, 15) is 4.79 Å². The number of aryl methyl sites for hydroxylation is 1. The first kappa shape index (κ1) is 20.8. The minimum atomic E-state index is -0.467. The number of rotatable bonds is 5. The molecule has 0 aromatic heterocycles. The van der Waals surface area contributed by atoms with Crippen LogP contribution in [0.15, 0.2) is 81.9 Å². The first-order chi connectivity index (χ1) is 14.5. The Morgan fingerprint density at radius 3 is 2.67 bits per heavy atom. The fraction of sp³-hybridized carbons (Fsp3) is 0.0833. The number of hydrogen-bond donors (Lipinski definition) is 0. The van der Waals surface area contributed by atoms with Crippen molar-refractivity contribution in [3.8, 4) is 5.75 Å². The molecule has 1 aliphatic rings. The predicted octanol–water partition coefficient (Wildman–Crippen LogP) is 6.29. The molecule has 1 aliphatic heterocycles. The van der Waals surface area contributed by atoms with Gasteiger partial charge >= 0.3 is 5.97 Å². The van der Waals surface area contributed by atoms with Crippen LogP contribution in [0.3, 0.4) is 0 Å². The maximum atomic E-state index is 12.3. The van der Waals surface area contributed by atoms with Gasteiger partial charge in [-0.1, -0.05) is 42.0 Å². The highest BCUT2D eigenvalue weighted by Gasteiger charge is 2.24. The lowest BCUT2D eigenvalue weighted by Gasteiger charge is -2.07. The van der Waals surface area contributed by atoms with Gasteiger partial charge in [-0.3, -0.25) is 0 Å². The van der Waals surface area contributed by atoms with E-state index < -0.39 is 5.97 Å². The first-order valence-corrected chi connectivity index (χ1v) is 11.1. The molecule has 0 saturated carbocycles. The second-order valence-corrected chi connectivity index (χ2v) is 8.83. The Morgan fingerprint density at radius 2 is 1.90 bits per heavy atom. The van der Waals surface area contributed by atoms with Crippen molar-refractivity contribution >= 4 is 56.5 Å². The molecule has 0 amide bonds. The zero-order chi connectivity index (χ0) is 21.1. The molecule has 30 heavy (non-hydrogen) atoms. The molecule has 0 unspecified atom stereocenters. The van der Waals surface area contributed by atoms with E-state index in [1.165, 1.54) is 5.56 Å². The average molecular weight is 574 g/mol. The van der Waals surface area contributed by atoms with E-state index in [-0.39, 0.29) is 5.70 Å². The molecule has 0 radical (unpaired) electrons. The molecule has 1 heterocycles. The van der Waals surface area contributed by atoms with Crippen molar-refractivity contribution < 1.29 is 14.3 Å². The van der Waals surface area contributed by atoms with Crippen molar-refractivity contribution in [2.45, 2.75) is 13.5 Å². The van der Waals surface area contributed by atoms with Crippen LogP contribution >= 0.6 is 38.5 Å². The van der Waals surface area contributed by atoms with Gasteiger partial charge in [-0.25, -0.2) is 9.79 Å². The van der Waals surface area contributed by atoms with Gasteiger partial charge in [0.05, 0.1) is 0 Å². The van der Waals surface area contributed by atoms with Crippen LogP contribution in [-0.4, -0.2) is 11.9 Å². The molecular formula is C24H17BrINO3. The summed E-state index contributed by atoms with van der Waals surface area (Å²) in [6.45, 7) is 2.53. The molecule has 0 atom stereocenters. The monoisotopic (exact) mass is 573 g/mol. The maximum absolute atomic E-state index is 12.3. The standard InChI is InChI=1S/C24H17BrINO3/c1-15-5-7-16(8-6-15)14-29-19-4-2-3-17(11-19)12-22-24(28)30-23(27-22)18-9-10-21(26)20(25)13-18/h2-13H,14H2,1H3/b22-12-. The van der Waals surface area contributed by atoms with E-state index in [0.29, 0.717) is 12.5 Å². The summed E-state index contributed by atoms with van der Waals surface area (Å²) in [7, 11) is 0. The Kier molecular flexibility index (Phi) is 6.34. The molecule has 0 aliphatic carbocycles. The van der Waals surface area contributed by atoms with Gasteiger partial charge < -0.3 is 9.47 Å². The molecule has 3 aromatic carbocycles. The van der Waals surface area contributed by atoms with Crippen molar-refractivity contribution in [2.24, 2.45) is 4.99 Å². The molecule has 0 saturated heterocycles. The van der Waals surface area contributed by atoms with Gasteiger partial charge in [-0.2, -0.15) is 0 Å². The molecule has 6 heteroatoms. The lowest BCUT2D eigenvalue weighted by Crippen LogP contribution is -2.05. The Balaban J connectivity index is 1.51. The third kappa shape index (κ3) is 4.99. The van der Waals surface area contributed by atoms with Crippen LogP contribution < -0.4 is 4.74 Å². The Hall–Kier alpha value is -2.45. The summed E-state index contributed by atoms with van der Waals surface area (Å²) in [4.78, 5) is 16.7. The number of cyclic esters (lactones) is 1. The summed E-state index contributed by atoms with van der Waals surface area (Å²) in [5.74, 6) is 0.558. The summed E-state index contributed by atoms with van der Waals surface area (Å²) in [6.07, 6.45) is 1.70. The molecule has 0 N–H and O–H groups in total. The van der Waals surface area contributed by atoms with Gasteiger partial charge in [0.2, 0.25) is 5.90 Å². The topological polar surface area (TPSA) is 47.9 Å². The first-order valence-electron chi connectivity index (χ1n) is 9.24. The third-order valence-corrected chi connectivity index (χ3v) is 6.81. The highest BCUT2D eigenvalue weighted by Crippen LogP contribution is 2.25. The number of benzene rings is 3. The minimum Gasteiger partial charge on any atom is -0.489 e. The van der Waals surface area contributed by atoms with Gasteiger partial charge in [0.1, 0.15) is 12.4 Å². The number of carbonyl (C=O) groups is 1. The fourth-order valence-electron chi connectivity index (χ4n) is 2.86. The van der Waals surface area contributed by atoms with Crippen LogP contribution in [0.1, 0.15) is 22.3 Å². The number of halogens is 2. The third-order valence-electron chi connectivity index (χ3n) is 4.47. The average Bonchev–Trinajstić information content (AvgIpc) is 3.10. The molecular weight excluding hydrogens is 557 g/mol. The highest BCUT2D eigenvalue weighted by molar-refractivity contribution is 14.1. The largest absolute Gasteiger partial charge is 0.489 e. The van der Waals surface area contributed by atoms with Gasteiger partial charge in [0.15, 0.2) is 5.70 Å². The van der Waals surface area contributed by atoms with E-state index in [1.807, 2.05) is 42.5 Å². The van der Waals surface area contributed by atoms with Gasteiger partial charge in [-0.15, -0.1) is 0 Å². The normalized spacial score (nSPS) is 14.6. The van der Waals surface area contributed by atoms with E-state index >= 15 is 0 Å². The quantitative estimate of drug-likeness (QED) is 0.205. The Bertz CT molecular complexity index is 1170. The number of nitrogens with zero attached hydrogens (tertiary/aromatic N) is 1. The van der Waals surface area contributed by atoms with Crippen LogP contribution in [-0.2, 0) is 16.1 Å². The molecule has 0 fully saturated rings. The van der Waals surface area contributed by atoms with E-state index in [2.05, 4.69) is 74.7 Å². The lowest BCUT2D eigenvalue weighted by molar-refractivity contribution is -0.129. The Labute approximate surface area is 196 Å². The summed E-state index contributed by atoms with van der Waals surface area (Å²) >= 11 is 5.71. The van der Waals surface area contributed by atoms with E-state index in [4.69, 9.17) is 9.47 Å². The number of esters is 1. The number of aliphatic imine (C=N–C) groups is 1. The second-order valence-electron chi connectivity index (χ2n) is 6.81. The van der Waals surface area contributed by atoms with Crippen molar-refractivity contribution in [1.29, 1.82) is 0 Å². The van der Waals surface area contributed by atoms with Crippen LogP contribution in [0.4, 0.5) is 0 Å². The second kappa shape index (κ2) is 9.14. The molecule has 0 bridgehead atoms. The van der Waals surface area contributed by atoms with Gasteiger partial charge in [0.25, 0.3) is 0 Å². The van der Waals surface area contributed by atoms with Crippen LogP contribution in [0.5, 0.6) is 5.75 Å². The van der Waals surface area contributed by atoms with Crippen molar-refractivity contribution in [1.82, 2.24) is 0 Å². The zero-order valence-corrected chi connectivity index (χ0v) is 19.8. The van der Waals surface area contributed by atoms with E-state index in [1.54, 1.807) is 6.08 Å². The Morgan fingerprint density at radius 1 is 1.10 bits per heavy atom. The molecule has 4 rings (SSSR count). The molecule has 4 nitrogen and oxygen atoms in total. The van der Waals surface area contributed by atoms with Gasteiger partial charge in [-0.05, 0) is 93.0 Å². The van der Waals surface area contributed by atoms with Crippen molar-refractivity contribution in [2.75, 3.05) is 0 Å². The van der Waals surface area contributed by atoms with E-state index in [0.717, 1.165) is 30.5 Å². The molecule has 150 valence electrons. The number of hydrogen-bond acceptors (Lipinski definition) is 4. The van der Waals surface area contributed by atoms with Crippen LogP contribution in [0.25, 0.3) is 6.08 Å². The number of ether oxygens (including phenoxy) is 2. The minimum absolute atomic E-state index is 0.260. The summed E-state index contributed by atoms with van der Waals surface area (Å²) in [6, 6.07) is 21.5. The molecule has 0 spiro atoms. The van der Waals surface area contributed by atoms with Gasteiger partial charge in [0, 0.05) is 13.6 Å². The lowest BCUT2D eigenvalue weighted by atomic mass is 10.1. The smallest absolute Gasteiger partial charge is 0.363 e. The molecule has 3 aromatic rings. The summed E-state index contributed by atoms with van der Waals surface area (Å²) in [5.41, 5.74) is 4.14. The zero-order valence-electron chi connectivity index (χ0n) is 16.1. The number of carbonyl (C=O) groups excluding carboxylic acids is 1. The van der Waals surface area contributed by atoms with Crippen LogP contribution in [0, 0.1) is 10.5 Å².